The zero-order valence-electron chi connectivity index (χ0n) is 8.79. The van der Waals surface area contributed by atoms with Crippen molar-refractivity contribution in [2.75, 3.05) is 6.61 Å². The first-order valence-corrected chi connectivity index (χ1v) is 5.36. The van der Waals surface area contributed by atoms with Crippen molar-refractivity contribution >= 4 is 15.2 Å². The second-order valence-corrected chi connectivity index (χ2v) is 4.26. The van der Waals surface area contributed by atoms with E-state index >= 15 is 0 Å². The minimum Gasteiger partial charge on any atom is -0.742 e. The van der Waals surface area contributed by atoms with E-state index in [9.17, 15) is 17.8 Å². The summed E-state index contributed by atoms with van der Waals surface area (Å²) in [6.45, 7) is -0.997. The van der Waals surface area contributed by atoms with Crippen LogP contribution in [-0.2, 0) is 14.9 Å². The maximum Gasteiger partial charge on any atom is 1.00 e. The summed E-state index contributed by atoms with van der Waals surface area (Å²) >= 11 is 0. The van der Waals surface area contributed by atoms with Crippen LogP contribution >= 0.6 is 0 Å². The largest absolute Gasteiger partial charge is 1.00 e. The Kier molecular flexibility index (Phi) is 8.97. The van der Waals surface area contributed by atoms with E-state index in [1.807, 2.05) is 0 Å². The van der Waals surface area contributed by atoms with Crippen LogP contribution in [-0.4, -0.2) is 74.6 Å². The van der Waals surface area contributed by atoms with Crippen molar-refractivity contribution in [1.29, 1.82) is 0 Å². The van der Waals surface area contributed by atoms with Gasteiger partial charge in [-0.1, -0.05) is 0 Å². The minimum absolute atomic E-state index is 0. The number of rotatable bonds is 5. The quantitative estimate of drug-likeness (QED) is 0.242. The smallest absolute Gasteiger partial charge is 0.742 e. The Morgan fingerprint density at radius 3 is 1.82 bits per heavy atom. The molecule has 0 unspecified atom stereocenters. The maximum absolute atomic E-state index is 10.7. The van der Waals surface area contributed by atoms with Crippen molar-refractivity contribution in [2.45, 2.75) is 24.4 Å². The number of carbonyl (C=O) groups is 1. The van der Waals surface area contributed by atoms with Gasteiger partial charge >= 0.3 is 29.6 Å². The standard InChI is InChI=1S/C6H12O9S.Na/c7-1-2(8)3(9)4(10)5(11)6(12)16(13,14)15;/h2-5,7-11H,1H2,(H,13,14,15);/q;+1/p-1/t2-,3-,4+,5-;/m1./s1. The van der Waals surface area contributed by atoms with Gasteiger partial charge in [0.15, 0.2) is 16.2 Å². The van der Waals surface area contributed by atoms with E-state index in [1.165, 1.54) is 0 Å². The molecule has 0 aromatic rings. The van der Waals surface area contributed by atoms with Crippen LogP contribution in [0.25, 0.3) is 0 Å². The van der Waals surface area contributed by atoms with Crippen LogP contribution < -0.4 is 29.6 Å². The predicted octanol–water partition coefficient (Wildman–Crippen LogP) is -7.50. The summed E-state index contributed by atoms with van der Waals surface area (Å²) in [5.41, 5.74) is 0. The van der Waals surface area contributed by atoms with E-state index < -0.39 is 46.3 Å². The van der Waals surface area contributed by atoms with Gasteiger partial charge in [-0.25, -0.2) is 8.42 Å². The van der Waals surface area contributed by atoms with Gasteiger partial charge in [-0.05, 0) is 0 Å². The zero-order valence-corrected chi connectivity index (χ0v) is 11.6. The fraction of sp³-hybridized carbons (Fsp3) is 0.833. The van der Waals surface area contributed by atoms with Crippen LogP contribution in [0.2, 0.25) is 0 Å². The van der Waals surface area contributed by atoms with E-state index in [0.29, 0.717) is 0 Å². The zero-order chi connectivity index (χ0) is 13.1. The van der Waals surface area contributed by atoms with Crippen molar-refractivity contribution in [3.8, 4) is 0 Å². The summed E-state index contributed by atoms with van der Waals surface area (Å²) in [5.74, 6) is 0. The molecule has 0 aliphatic carbocycles. The van der Waals surface area contributed by atoms with Gasteiger partial charge in [0, 0.05) is 0 Å². The maximum atomic E-state index is 10.7. The number of aliphatic hydroxyl groups excluding tert-OH is 5. The predicted molar refractivity (Wildman–Crippen MR) is 45.8 cm³/mol. The molecule has 96 valence electrons. The van der Waals surface area contributed by atoms with E-state index in [1.54, 1.807) is 0 Å². The molecule has 0 radical (unpaired) electrons. The first-order valence-electron chi connectivity index (χ1n) is 3.95. The second kappa shape index (κ2) is 7.74. The third kappa shape index (κ3) is 5.70. The van der Waals surface area contributed by atoms with E-state index in [-0.39, 0.29) is 29.6 Å². The normalized spacial score (nSPS) is 18.7. The molecule has 0 saturated carbocycles. The fourth-order valence-electron chi connectivity index (χ4n) is 0.810. The molecule has 0 aliphatic rings. The molecule has 5 N–H and O–H groups in total. The number of hydrogen-bond acceptors (Lipinski definition) is 9. The molecule has 0 rings (SSSR count). The summed E-state index contributed by atoms with van der Waals surface area (Å²) in [4.78, 5) is 10.7. The van der Waals surface area contributed by atoms with Gasteiger partial charge in [0.2, 0.25) is 0 Å². The van der Waals surface area contributed by atoms with E-state index in [0.717, 1.165) is 0 Å². The van der Waals surface area contributed by atoms with Crippen molar-refractivity contribution in [1.82, 2.24) is 0 Å². The molecule has 11 heteroatoms. The minimum atomic E-state index is -5.47. The topological polar surface area (TPSA) is 175 Å². The molecule has 17 heavy (non-hydrogen) atoms. The molecular formula is C6H11NaO9S. The van der Waals surface area contributed by atoms with Crippen molar-refractivity contribution < 1.29 is 72.9 Å². The Morgan fingerprint density at radius 1 is 1.12 bits per heavy atom. The van der Waals surface area contributed by atoms with Crippen LogP contribution in [0.3, 0.4) is 0 Å². The molecule has 0 bridgehead atoms. The second-order valence-electron chi connectivity index (χ2n) is 2.95. The third-order valence-electron chi connectivity index (χ3n) is 1.74. The summed E-state index contributed by atoms with van der Waals surface area (Å²) in [7, 11) is -5.47. The van der Waals surface area contributed by atoms with Crippen molar-refractivity contribution in [2.24, 2.45) is 0 Å². The number of hydrogen-bond donors (Lipinski definition) is 5. The Bertz CT molecular complexity index is 341. The monoisotopic (exact) mass is 282 g/mol. The Labute approximate surface area is 119 Å². The Balaban J connectivity index is 0. The summed E-state index contributed by atoms with van der Waals surface area (Å²) < 4.78 is 30.5. The molecule has 0 fully saturated rings. The molecule has 0 saturated heterocycles. The van der Waals surface area contributed by atoms with Gasteiger partial charge in [-0.3, -0.25) is 4.79 Å². The summed E-state index contributed by atoms with van der Waals surface area (Å²) in [6.07, 6.45) is -9.17. The van der Waals surface area contributed by atoms with E-state index in [4.69, 9.17) is 25.5 Å². The fourth-order valence-corrected chi connectivity index (χ4v) is 1.24. The van der Waals surface area contributed by atoms with Gasteiger partial charge in [-0.2, -0.15) is 0 Å². The summed E-state index contributed by atoms with van der Waals surface area (Å²) in [5, 5.41) is 41.9. The molecule has 4 atom stereocenters. The van der Waals surface area contributed by atoms with Crippen molar-refractivity contribution in [3.05, 3.63) is 0 Å². The van der Waals surface area contributed by atoms with Crippen LogP contribution in [0.4, 0.5) is 0 Å². The van der Waals surface area contributed by atoms with E-state index in [2.05, 4.69) is 0 Å². The molecule has 0 amide bonds. The number of aliphatic hydroxyl groups is 5. The first kappa shape index (κ1) is 19.7. The SMILES string of the molecule is O=C([C@H](O)[C@@H](O)[C@H](O)[C@H](O)CO)S(=O)(=O)[O-].[Na+]. The third-order valence-corrected chi connectivity index (χ3v) is 2.48. The molecule has 0 aromatic heterocycles. The molecular weight excluding hydrogens is 271 g/mol. The van der Waals surface area contributed by atoms with Gasteiger partial charge in [0.1, 0.15) is 18.3 Å². The molecule has 9 nitrogen and oxygen atoms in total. The van der Waals surface area contributed by atoms with Crippen LogP contribution in [0.5, 0.6) is 0 Å². The molecule has 0 heterocycles. The van der Waals surface area contributed by atoms with Crippen molar-refractivity contribution in [3.63, 3.8) is 0 Å². The first-order chi connectivity index (χ1) is 7.12. The average molecular weight is 282 g/mol. The molecule has 0 aromatic carbocycles. The Morgan fingerprint density at radius 2 is 1.53 bits per heavy atom. The van der Waals surface area contributed by atoms with Crippen LogP contribution in [0, 0.1) is 0 Å². The summed E-state index contributed by atoms with van der Waals surface area (Å²) in [6, 6.07) is 0. The average Bonchev–Trinajstić information content (AvgIpc) is 2.22. The van der Waals surface area contributed by atoms with Crippen LogP contribution in [0.15, 0.2) is 0 Å². The number of carbonyl (C=O) groups excluding carboxylic acids is 1. The van der Waals surface area contributed by atoms with Crippen LogP contribution in [0.1, 0.15) is 0 Å². The van der Waals surface area contributed by atoms with Gasteiger partial charge in [0.05, 0.1) is 6.61 Å². The Hall–Kier alpha value is 0.380. The van der Waals surface area contributed by atoms with Gasteiger partial charge < -0.3 is 30.1 Å². The van der Waals surface area contributed by atoms with Gasteiger partial charge in [-0.15, -0.1) is 0 Å². The van der Waals surface area contributed by atoms with Gasteiger partial charge in [0.25, 0.3) is 5.12 Å². The molecule has 0 aliphatic heterocycles. The molecule has 0 spiro atoms.